The molecular weight excluding hydrogens is 174 g/mol. The molecule has 2 atom stereocenters. The van der Waals surface area contributed by atoms with Gasteiger partial charge in [-0.05, 0) is 13.8 Å². The van der Waals surface area contributed by atoms with Crippen LogP contribution < -0.4 is 5.73 Å². The first-order valence-corrected chi connectivity index (χ1v) is 4.09. The van der Waals surface area contributed by atoms with Crippen LogP contribution >= 0.6 is 0 Å². The summed E-state index contributed by atoms with van der Waals surface area (Å²) in [5.74, 6) is -2.30. The van der Waals surface area contributed by atoms with Gasteiger partial charge < -0.3 is 15.6 Å². The Hall–Kier alpha value is -0.940. The molecule has 76 valence electrons. The van der Waals surface area contributed by atoms with Crippen molar-refractivity contribution in [3.05, 3.63) is 0 Å². The van der Waals surface area contributed by atoms with Gasteiger partial charge in [-0.1, -0.05) is 0 Å². The molecule has 0 aliphatic heterocycles. The minimum Gasteiger partial charge on any atom is -0.465 e. The van der Waals surface area contributed by atoms with Crippen LogP contribution in [-0.2, 0) is 14.3 Å². The molecule has 0 aromatic heterocycles. The van der Waals surface area contributed by atoms with Crippen molar-refractivity contribution in [3.63, 3.8) is 0 Å². The molecule has 0 saturated carbocycles. The third-order valence-corrected chi connectivity index (χ3v) is 1.60. The fraction of sp³-hybridized carbons (Fsp3) is 0.750. The average molecular weight is 189 g/mol. The molecule has 5 heteroatoms. The summed E-state index contributed by atoms with van der Waals surface area (Å²) in [6.07, 6.45) is -1.16. The minimum absolute atomic E-state index is 0.136. The van der Waals surface area contributed by atoms with Gasteiger partial charge in [-0.15, -0.1) is 0 Å². The van der Waals surface area contributed by atoms with Crippen molar-refractivity contribution in [2.75, 3.05) is 13.2 Å². The molecule has 0 bridgehead atoms. The van der Waals surface area contributed by atoms with Gasteiger partial charge in [0, 0.05) is 6.54 Å². The molecular formula is C8H15NO4. The predicted molar refractivity (Wildman–Crippen MR) is 45.9 cm³/mol. The zero-order valence-electron chi connectivity index (χ0n) is 7.82. The predicted octanol–water partition coefficient (Wildman–Crippen LogP) is -0.926. The highest BCUT2D eigenvalue weighted by Crippen LogP contribution is 2.07. The van der Waals surface area contributed by atoms with Crippen molar-refractivity contribution < 1.29 is 19.4 Å². The maximum absolute atomic E-state index is 11.1. The van der Waals surface area contributed by atoms with Crippen LogP contribution in [0.5, 0.6) is 0 Å². The first-order valence-electron chi connectivity index (χ1n) is 4.09. The molecule has 0 amide bonds. The first-order chi connectivity index (χ1) is 6.04. The Morgan fingerprint density at radius 1 is 1.54 bits per heavy atom. The van der Waals surface area contributed by atoms with Crippen LogP contribution in [-0.4, -0.2) is 36.1 Å². The van der Waals surface area contributed by atoms with Crippen LogP contribution in [0.3, 0.4) is 0 Å². The van der Waals surface area contributed by atoms with E-state index in [4.69, 9.17) is 5.73 Å². The zero-order valence-corrected chi connectivity index (χ0v) is 7.82. The van der Waals surface area contributed by atoms with Gasteiger partial charge in [0.1, 0.15) is 11.7 Å². The van der Waals surface area contributed by atoms with Crippen molar-refractivity contribution in [3.8, 4) is 0 Å². The van der Waals surface area contributed by atoms with E-state index in [1.165, 1.54) is 6.92 Å². The van der Waals surface area contributed by atoms with Crippen LogP contribution in [0.25, 0.3) is 0 Å². The largest absolute Gasteiger partial charge is 0.465 e. The summed E-state index contributed by atoms with van der Waals surface area (Å²) in [4.78, 5) is 22.1. The standard InChI is InChI=1S/C8H15NO4/c1-3-13-8(12)7(5(2)10)6(11)4-9/h6-7,11H,3-4,9H2,1-2H3. The van der Waals surface area contributed by atoms with Gasteiger partial charge in [0.15, 0.2) is 0 Å². The summed E-state index contributed by atoms with van der Waals surface area (Å²) < 4.78 is 4.61. The van der Waals surface area contributed by atoms with E-state index in [2.05, 4.69) is 4.74 Å². The number of carbonyl (C=O) groups is 2. The van der Waals surface area contributed by atoms with Crippen LogP contribution in [0.4, 0.5) is 0 Å². The topological polar surface area (TPSA) is 89.6 Å². The number of aliphatic hydroxyl groups excluding tert-OH is 1. The minimum atomic E-state index is -1.16. The molecule has 0 aliphatic carbocycles. The Morgan fingerprint density at radius 3 is 2.38 bits per heavy atom. The lowest BCUT2D eigenvalue weighted by atomic mass is 9.98. The number of Topliss-reactive ketones (excluding diaryl/α,β-unsaturated/α-hetero) is 1. The maximum atomic E-state index is 11.1. The number of carbonyl (C=O) groups excluding carboxylic acids is 2. The van der Waals surface area contributed by atoms with Gasteiger partial charge >= 0.3 is 5.97 Å². The van der Waals surface area contributed by atoms with Crippen molar-refractivity contribution in [2.24, 2.45) is 11.7 Å². The number of aliphatic hydroxyl groups is 1. The Morgan fingerprint density at radius 2 is 2.08 bits per heavy atom. The molecule has 0 fully saturated rings. The van der Waals surface area contributed by atoms with E-state index in [1.54, 1.807) is 6.92 Å². The fourth-order valence-corrected chi connectivity index (χ4v) is 0.962. The molecule has 0 spiro atoms. The van der Waals surface area contributed by atoms with Crippen LogP contribution in [0.2, 0.25) is 0 Å². The van der Waals surface area contributed by atoms with Gasteiger partial charge in [-0.25, -0.2) is 0 Å². The Balaban J connectivity index is 4.41. The second kappa shape index (κ2) is 5.66. The number of esters is 1. The lowest BCUT2D eigenvalue weighted by Gasteiger charge is -2.16. The Labute approximate surface area is 76.9 Å². The molecule has 0 saturated heterocycles. The summed E-state index contributed by atoms with van der Waals surface area (Å²) in [5, 5.41) is 9.24. The van der Waals surface area contributed by atoms with E-state index in [0.717, 1.165) is 0 Å². The summed E-state index contributed by atoms with van der Waals surface area (Å²) in [7, 11) is 0. The number of ketones is 1. The molecule has 0 aromatic rings. The van der Waals surface area contributed by atoms with E-state index in [-0.39, 0.29) is 13.2 Å². The molecule has 3 N–H and O–H groups in total. The van der Waals surface area contributed by atoms with Gasteiger partial charge in [0.05, 0.1) is 12.7 Å². The normalized spacial score (nSPS) is 14.8. The molecule has 0 aliphatic rings. The highest BCUT2D eigenvalue weighted by Gasteiger charge is 2.31. The second-order valence-electron chi connectivity index (χ2n) is 2.64. The fourth-order valence-electron chi connectivity index (χ4n) is 0.962. The summed E-state index contributed by atoms with van der Waals surface area (Å²) in [5.41, 5.74) is 5.13. The van der Waals surface area contributed by atoms with Crippen molar-refractivity contribution in [1.82, 2.24) is 0 Å². The monoisotopic (exact) mass is 189 g/mol. The quantitative estimate of drug-likeness (QED) is 0.431. The summed E-state index contributed by atoms with van der Waals surface area (Å²) in [6.45, 7) is 2.90. The maximum Gasteiger partial charge on any atom is 0.319 e. The molecule has 5 nitrogen and oxygen atoms in total. The van der Waals surface area contributed by atoms with E-state index < -0.39 is 23.8 Å². The first kappa shape index (κ1) is 12.1. The highest BCUT2D eigenvalue weighted by molar-refractivity contribution is 5.98. The number of nitrogens with two attached hydrogens (primary N) is 1. The van der Waals surface area contributed by atoms with E-state index in [1.807, 2.05) is 0 Å². The molecule has 13 heavy (non-hydrogen) atoms. The summed E-state index contributed by atoms with van der Waals surface area (Å²) in [6, 6.07) is 0. The van der Waals surface area contributed by atoms with Crippen molar-refractivity contribution >= 4 is 11.8 Å². The SMILES string of the molecule is CCOC(=O)C(C(C)=O)C(O)CN. The Kier molecular flexibility index (Phi) is 5.25. The van der Waals surface area contributed by atoms with Gasteiger partial charge in [-0.2, -0.15) is 0 Å². The lowest BCUT2D eigenvalue weighted by Crippen LogP contribution is -2.39. The third-order valence-electron chi connectivity index (χ3n) is 1.60. The molecule has 0 rings (SSSR count). The number of hydrogen-bond donors (Lipinski definition) is 2. The highest BCUT2D eigenvalue weighted by atomic mass is 16.5. The van der Waals surface area contributed by atoms with Crippen molar-refractivity contribution in [2.45, 2.75) is 20.0 Å². The summed E-state index contributed by atoms with van der Waals surface area (Å²) >= 11 is 0. The van der Waals surface area contributed by atoms with Crippen LogP contribution in [0.1, 0.15) is 13.8 Å². The van der Waals surface area contributed by atoms with Crippen LogP contribution in [0, 0.1) is 5.92 Å². The molecule has 0 aromatic carbocycles. The third kappa shape index (κ3) is 3.52. The zero-order chi connectivity index (χ0) is 10.4. The van der Waals surface area contributed by atoms with E-state index >= 15 is 0 Å². The smallest absolute Gasteiger partial charge is 0.319 e. The number of rotatable bonds is 5. The molecule has 0 heterocycles. The van der Waals surface area contributed by atoms with Gasteiger partial charge in [0.25, 0.3) is 0 Å². The van der Waals surface area contributed by atoms with E-state index in [9.17, 15) is 14.7 Å². The average Bonchev–Trinajstić information content (AvgIpc) is 2.04. The Bertz CT molecular complexity index is 193. The van der Waals surface area contributed by atoms with Crippen molar-refractivity contribution in [1.29, 1.82) is 0 Å². The van der Waals surface area contributed by atoms with Gasteiger partial charge in [0.2, 0.25) is 0 Å². The number of ether oxygens (including phenoxy) is 1. The molecule has 2 unspecified atom stereocenters. The van der Waals surface area contributed by atoms with E-state index in [0.29, 0.717) is 0 Å². The molecule has 0 radical (unpaired) electrons. The van der Waals surface area contributed by atoms with Crippen LogP contribution in [0.15, 0.2) is 0 Å². The second-order valence-corrected chi connectivity index (χ2v) is 2.64. The number of hydrogen-bond acceptors (Lipinski definition) is 5. The van der Waals surface area contributed by atoms with Gasteiger partial charge in [-0.3, -0.25) is 9.59 Å². The lowest BCUT2D eigenvalue weighted by molar-refractivity contribution is -0.155.